The Balaban J connectivity index is 1.30. The van der Waals surface area contributed by atoms with E-state index in [0.717, 1.165) is 5.82 Å². The van der Waals surface area contributed by atoms with Gasteiger partial charge in [0.15, 0.2) is 10.9 Å². The predicted octanol–water partition coefficient (Wildman–Crippen LogP) is 0.694. The molecule has 11 nitrogen and oxygen atoms in total. The molecule has 0 saturated carbocycles. The van der Waals surface area contributed by atoms with Crippen LogP contribution in [0.2, 0.25) is 0 Å². The van der Waals surface area contributed by atoms with Gasteiger partial charge in [-0.2, -0.15) is 5.10 Å². The summed E-state index contributed by atoms with van der Waals surface area (Å²) in [5.41, 5.74) is 0.584. The van der Waals surface area contributed by atoms with Crippen molar-refractivity contribution in [1.29, 1.82) is 0 Å². The molecule has 0 atom stereocenters. The third-order valence-corrected chi connectivity index (χ3v) is 5.09. The highest BCUT2D eigenvalue weighted by Crippen LogP contribution is 2.25. The molecule has 0 radical (unpaired) electrons. The van der Waals surface area contributed by atoms with E-state index in [9.17, 15) is 9.59 Å². The number of nitrogens with one attached hydrogen (secondary N) is 1. The second kappa shape index (κ2) is 8.31. The fraction of sp³-hybridized carbons (Fsp3) is 0.353. The van der Waals surface area contributed by atoms with Gasteiger partial charge in [-0.1, -0.05) is 0 Å². The number of carbonyl (C=O) groups is 2. The molecule has 3 aromatic heterocycles. The van der Waals surface area contributed by atoms with Crippen LogP contribution in [-0.2, 0) is 20.7 Å². The van der Waals surface area contributed by atoms with Gasteiger partial charge in [0.1, 0.15) is 24.8 Å². The molecule has 29 heavy (non-hydrogen) atoms. The molecule has 4 rings (SSSR count). The molecule has 1 fully saturated rings. The number of hydrogen-bond acceptors (Lipinski definition) is 10. The summed E-state index contributed by atoms with van der Waals surface area (Å²) in [6, 6.07) is 1.80. The monoisotopic (exact) mass is 414 g/mol. The average molecular weight is 414 g/mol. The van der Waals surface area contributed by atoms with Crippen molar-refractivity contribution in [2.24, 2.45) is 5.92 Å². The van der Waals surface area contributed by atoms with Crippen LogP contribution in [0, 0.1) is 5.92 Å². The lowest BCUT2D eigenvalue weighted by molar-refractivity contribution is -0.142. The van der Waals surface area contributed by atoms with Crippen molar-refractivity contribution in [3.05, 3.63) is 36.1 Å². The number of aromatic nitrogens is 6. The first-order chi connectivity index (χ1) is 14.1. The molecule has 1 saturated heterocycles. The lowest BCUT2D eigenvalue weighted by Gasteiger charge is -2.38. The SMILES string of the molecule is CCOC(=O)Cc1csc(NC(=O)C2CN(c3cc(-n4cncn4)ncn3)C2)n1. The third-order valence-electron chi connectivity index (χ3n) is 4.28. The number of thiazole rings is 1. The summed E-state index contributed by atoms with van der Waals surface area (Å²) in [4.78, 5) is 42.5. The summed E-state index contributed by atoms with van der Waals surface area (Å²) >= 11 is 1.29. The van der Waals surface area contributed by atoms with Gasteiger partial charge >= 0.3 is 5.97 Å². The normalized spacial score (nSPS) is 13.8. The predicted molar refractivity (Wildman–Crippen MR) is 104 cm³/mol. The van der Waals surface area contributed by atoms with Gasteiger partial charge in [-0.3, -0.25) is 9.59 Å². The standard InChI is InChI=1S/C17H18N8O3S/c1-2-28-15(26)3-12-7-29-17(22-12)23-16(27)11-5-24(6-11)13-4-14(20-9-19-13)25-10-18-8-21-25/h4,7-11H,2-3,5-6H2,1H3,(H,22,23,27). The highest BCUT2D eigenvalue weighted by Gasteiger charge is 2.34. The highest BCUT2D eigenvalue weighted by atomic mass is 32.1. The van der Waals surface area contributed by atoms with Gasteiger partial charge in [-0.25, -0.2) is 24.6 Å². The molecule has 0 spiro atoms. The molecular weight excluding hydrogens is 396 g/mol. The van der Waals surface area contributed by atoms with Crippen LogP contribution in [0.15, 0.2) is 30.4 Å². The van der Waals surface area contributed by atoms with Crippen molar-refractivity contribution in [3.63, 3.8) is 0 Å². The number of nitrogens with zero attached hydrogens (tertiary/aromatic N) is 7. The zero-order valence-corrected chi connectivity index (χ0v) is 16.4. The van der Waals surface area contributed by atoms with Crippen LogP contribution < -0.4 is 10.2 Å². The van der Waals surface area contributed by atoms with Gasteiger partial charge < -0.3 is 15.0 Å². The average Bonchev–Trinajstić information content (AvgIpc) is 3.33. The minimum absolute atomic E-state index is 0.0965. The third kappa shape index (κ3) is 4.37. The van der Waals surface area contributed by atoms with Crippen LogP contribution in [0.4, 0.5) is 10.9 Å². The molecule has 0 unspecified atom stereocenters. The van der Waals surface area contributed by atoms with E-state index in [-0.39, 0.29) is 24.2 Å². The largest absolute Gasteiger partial charge is 0.466 e. The zero-order chi connectivity index (χ0) is 20.2. The topological polar surface area (TPSA) is 128 Å². The Labute approximate surface area is 169 Å². The summed E-state index contributed by atoms with van der Waals surface area (Å²) in [6.45, 7) is 3.17. The Morgan fingerprint density at radius 2 is 2.10 bits per heavy atom. The van der Waals surface area contributed by atoms with E-state index < -0.39 is 0 Å². The molecule has 1 aliphatic rings. The van der Waals surface area contributed by atoms with E-state index in [2.05, 4.69) is 30.4 Å². The van der Waals surface area contributed by atoms with Crippen LogP contribution in [0.5, 0.6) is 0 Å². The lowest BCUT2D eigenvalue weighted by atomic mass is 9.99. The summed E-state index contributed by atoms with van der Waals surface area (Å²) in [7, 11) is 0. The van der Waals surface area contributed by atoms with Crippen molar-refractivity contribution in [2.45, 2.75) is 13.3 Å². The first-order valence-electron chi connectivity index (χ1n) is 8.95. The van der Waals surface area contributed by atoms with E-state index in [4.69, 9.17) is 4.74 Å². The molecule has 150 valence electrons. The molecule has 0 bridgehead atoms. The van der Waals surface area contributed by atoms with E-state index in [1.165, 1.54) is 24.0 Å². The maximum Gasteiger partial charge on any atom is 0.311 e. The number of amides is 1. The highest BCUT2D eigenvalue weighted by molar-refractivity contribution is 7.13. The van der Waals surface area contributed by atoms with Gasteiger partial charge in [-0.05, 0) is 6.92 Å². The van der Waals surface area contributed by atoms with Crippen LogP contribution in [0.3, 0.4) is 0 Å². The Kier molecular flexibility index (Phi) is 5.42. The molecule has 4 heterocycles. The quantitative estimate of drug-likeness (QED) is 0.555. The Hall–Kier alpha value is -3.41. The van der Waals surface area contributed by atoms with Gasteiger partial charge in [0, 0.05) is 24.5 Å². The number of carbonyl (C=O) groups excluding carboxylic acids is 2. The number of hydrogen-bond donors (Lipinski definition) is 1. The van der Waals surface area contributed by atoms with Crippen molar-refractivity contribution in [1.82, 2.24) is 29.7 Å². The van der Waals surface area contributed by atoms with Crippen molar-refractivity contribution in [3.8, 4) is 5.82 Å². The Bertz CT molecular complexity index is 1000. The Morgan fingerprint density at radius 1 is 1.28 bits per heavy atom. The zero-order valence-electron chi connectivity index (χ0n) is 15.6. The van der Waals surface area contributed by atoms with E-state index in [1.807, 2.05) is 4.90 Å². The van der Waals surface area contributed by atoms with Crippen LogP contribution in [0.25, 0.3) is 5.82 Å². The fourth-order valence-corrected chi connectivity index (χ4v) is 3.52. The van der Waals surface area contributed by atoms with Crippen LogP contribution in [0.1, 0.15) is 12.6 Å². The van der Waals surface area contributed by atoms with Gasteiger partial charge in [-0.15, -0.1) is 11.3 Å². The molecule has 12 heteroatoms. The van der Waals surface area contributed by atoms with Crippen molar-refractivity contribution < 1.29 is 14.3 Å². The summed E-state index contributed by atoms with van der Waals surface area (Å²) in [6.07, 6.45) is 4.55. The number of esters is 1. The molecule has 0 aliphatic carbocycles. The molecular formula is C17H18N8O3S. The molecule has 3 aromatic rings. The van der Waals surface area contributed by atoms with Crippen molar-refractivity contribution in [2.75, 3.05) is 29.9 Å². The maximum absolute atomic E-state index is 12.4. The van der Waals surface area contributed by atoms with Gasteiger partial charge in [0.25, 0.3) is 0 Å². The molecule has 1 N–H and O–H groups in total. The molecule has 0 aromatic carbocycles. The van der Waals surface area contributed by atoms with E-state index in [1.54, 1.807) is 29.4 Å². The van der Waals surface area contributed by atoms with Gasteiger partial charge in [0.2, 0.25) is 5.91 Å². The lowest BCUT2D eigenvalue weighted by Crippen LogP contribution is -2.52. The summed E-state index contributed by atoms with van der Waals surface area (Å²) in [5.74, 6) is 0.722. The number of ether oxygens (including phenoxy) is 1. The first kappa shape index (κ1) is 18.9. The van der Waals surface area contributed by atoms with E-state index >= 15 is 0 Å². The minimum atomic E-state index is -0.333. The van der Waals surface area contributed by atoms with Crippen molar-refractivity contribution >= 4 is 34.2 Å². The van der Waals surface area contributed by atoms with E-state index in [0.29, 0.717) is 36.3 Å². The fourth-order valence-electron chi connectivity index (χ4n) is 2.81. The molecule has 1 amide bonds. The van der Waals surface area contributed by atoms with Gasteiger partial charge in [0.05, 0.1) is 24.6 Å². The summed E-state index contributed by atoms with van der Waals surface area (Å²) < 4.78 is 6.45. The second-order valence-corrected chi connectivity index (χ2v) is 7.15. The molecule has 1 aliphatic heterocycles. The smallest absolute Gasteiger partial charge is 0.311 e. The number of rotatable bonds is 7. The summed E-state index contributed by atoms with van der Waals surface area (Å²) in [5, 5.41) is 9.08. The second-order valence-electron chi connectivity index (χ2n) is 6.29. The maximum atomic E-state index is 12.4. The Morgan fingerprint density at radius 3 is 2.86 bits per heavy atom. The number of anilines is 2. The first-order valence-corrected chi connectivity index (χ1v) is 9.83. The minimum Gasteiger partial charge on any atom is -0.466 e. The van der Waals surface area contributed by atoms with Crippen LogP contribution in [-0.4, -0.2) is 61.3 Å². The van der Waals surface area contributed by atoms with Crippen LogP contribution >= 0.6 is 11.3 Å².